The van der Waals surface area contributed by atoms with Crippen LogP contribution in [0.4, 0.5) is 0 Å². The van der Waals surface area contributed by atoms with Crippen LogP contribution >= 0.6 is 0 Å². The standard InChI is InChI=1S/2Al.2Cr.3O/q;;2*+3;3*-2. The first-order chi connectivity index (χ1) is 0. The molecule has 0 aromatic carbocycles. The van der Waals surface area contributed by atoms with E-state index >= 15 is 0 Å². The van der Waals surface area contributed by atoms with Crippen molar-refractivity contribution in [1.82, 2.24) is 0 Å². The Balaban J connectivity index is 0. The van der Waals surface area contributed by atoms with Crippen molar-refractivity contribution < 1.29 is 51.2 Å². The van der Waals surface area contributed by atoms with Gasteiger partial charge in [0.2, 0.25) is 0 Å². The summed E-state index contributed by atoms with van der Waals surface area (Å²) in [6.07, 6.45) is 0. The summed E-state index contributed by atoms with van der Waals surface area (Å²) in [6.45, 7) is 0. The summed E-state index contributed by atoms with van der Waals surface area (Å²) in [5.74, 6) is 0. The second kappa shape index (κ2) is 97.4. The fourth-order valence-corrected chi connectivity index (χ4v) is 0. The van der Waals surface area contributed by atoms with Gasteiger partial charge in [0.1, 0.15) is 0 Å². The van der Waals surface area contributed by atoms with Crippen LogP contribution in [-0.4, -0.2) is 34.7 Å². The van der Waals surface area contributed by atoms with E-state index in [9.17, 15) is 0 Å². The fraction of sp³-hybridized carbons (Fsp3) is 0. The van der Waals surface area contributed by atoms with E-state index in [0.717, 1.165) is 0 Å². The van der Waals surface area contributed by atoms with E-state index in [4.69, 9.17) is 0 Å². The zero-order valence-electron chi connectivity index (χ0n) is 3.20. The maximum atomic E-state index is 0. The van der Waals surface area contributed by atoms with E-state index in [-0.39, 0.29) is 85.9 Å². The summed E-state index contributed by atoms with van der Waals surface area (Å²) in [5.41, 5.74) is 0. The molecule has 0 amide bonds. The first-order valence-corrected chi connectivity index (χ1v) is 0. The zero-order valence-corrected chi connectivity index (χ0v) is 8.06. The normalized spacial score (nSPS) is 0. The van der Waals surface area contributed by atoms with Gasteiger partial charge in [0, 0.05) is 34.7 Å². The minimum absolute atomic E-state index is 0. The SMILES string of the molecule is [Al].[Al].[Cr+3].[Cr+3].[O-2].[O-2].[O-2]. The average molecular weight is 206 g/mol. The molecule has 0 fully saturated rings. The fourth-order valence-electron chi connectivity index (χ4n) is 0. The van der Waals surface area contributed by atoms with Crippen LogP contribution in [0.5, 0.6) is 0 Å². The summed E-state index contributed by atoms with van der Waals surface area (Å²) < 4.78 is 0. The Morgan fingerprint density at radius 3 is 0.429 bits per heavy atom. The average Bonchev–Trinajstić information content (AvgIpc) is 0. The molecule has 0 aliphatic rings. The van der Waals surface area contributed by atoms with Gasteiger partial charge in [-0.2, -0.15) is 0 Å². The van der Waals surface area contributed by atoms with Crippen molar-refractivity contribution in [3.8, 4) is 0 Å². The van der Waals surface area contributed by atoms with Gasteiger partial charge < -0.3 is 16.4 Å². The molecule has 7 heavy (non-hydrogen) atoms. The summed E-state index contributed by atoms with van der Waals surface area (Å²) >= 11 is 0. The molecule has 0 aliphatic heterocycles. The Morgan fingerprint density at radius 2 is 0.429 bits per heavy atom. The van der Waals surface area contributed by atoms with E-state index < -0.39 is 0 Å². The molecule has 0 saturated carbocycles. The second-order valence-electron chi connectivity index (χ2n) is 0. The molecule has 0 rings (SSSR count). The van der Waals surface area contributed by atoms with E-state index in [1.54, 1.807) is 0 Å². The van der Waals surface area contributed by atoms with Crippen LogP contribution in [0.25, 0.3) is 0 Å². The van der Waals surface area contributed by atoms with Gasteiger partial charge in [-0.15, -0.1) is 0 Å². The minimum atomic E-state index is 0. The molecule has 0 aliphatic carbocycles. The Kier molecular flexibility index (Phi) is 1990. The molecule has 0 bridgehead atoms. The first kappa shape index (κ1) is 143. The molecular formula is Al2Cr2O3. The topological polar surface area (TPSA) is 85.5 Å². The molecule has 0 aromatic rings. The van der Waals surface area contributed by atoms with Gasteiger partial charge in [0.25, 0.3) is 0 Å². The molecule has 0 heterocycles. The van der Waals surface area contributed by atoms with Crippen LogP contribution in [0, 0.1) is 0 Å². The largest absolute Gasteiger partial charge is 3.00 e. The third-order valence-corrected chi connectivity index (χ3v) is 0. The first-order valence-electron chi connectivity index (χ1n) is 0. The Hall–Kier alpha value is 2.01. The molecule has 0 atom stereocenters. The summed E-state index contributed by atoms with van der Waals surface area (Å²) in [7, 11) is 0. The maximum Gasteiger partial charge on any atom is 3.00 e. The summed E-state index contributed by atoms with van der Waals surface area (Å²) in [6, 6.07) is 0. The monoisotopic (exact) mass is 206 g/mol. The van der Waals surface area contributed by atoms with Gasteiger partial charge in [-0.3, -0.25) is 0 Å². The van der Waals surface area contributed by atoms with Gasteiger partial charge in [0.05, 0.1) is 0 Å². The van der Waals surface area contributed by atoms with Crippen LogP contribution in [0.3, 0.4) is 0 Å². The zero-order chi connectivity index (χ0) is 0. The van der Waals surface area contributed by atoms with Crippen LogP contribution < -0.4 is 0 Å². The van der Waals surface area contributed by atoms with Crippen molar-refractivity contribution in [2.45, 2.75) is 0 Å². The van der Waals surface area contributed by atoms with Gasteiger partial charge in [-0.05, 0) is 0 Å². The number of hydrogen-bond acceptors (Lipinski definition) is 0. The van der Waals surface area contributed by atoms with E-state index in [2.05, 4.69) is 0 Å². The van der Waals surface area contributed by atoms with Crippen molar-refractivity contribution in [3.63, 3.8) is 0 Å². The summed E-state index contributed by atoms with van der Waals surface area (Å²) in [5, 5.41) is 0. The minimum Gasteiger partial charge on any atom is -2.00 e. The Labute approximate surface area is 85.3 Å². The molecule has 7 heteroatoms. The Morgan fingerprint density at radius 1 is 0.429 bits per heavy atom. The molecule has 3 nitrogen and oxygen atoms in total. The van der Waals surface area contributed by atoms with Crippen molar-refractivity contribution in [3.05, 3.63) is 0 Å². The van der Waals surface area contributed by atoms with Gasteiger partial charge in [0.15, 0.2) is 0 Å². The van der Waals surface area contributed by atoms with Crippen LogP contribution in [0.1, 0.15) is 0 Å². The van der Waals surface area contributed by atoms with Gasteiger partial charge in [-0.25, -0.2) is 0 Å². The smallest absolute Gasteiger partial charge is 2.00 e. The second-order valence-corrected chi connectivity index (χ2v) is 0. The summed E-state index contributed by atoms with van der Waals surface area (Å²) in [4.78, 5) is 0. The van der Waals surface area contributed by atoms with Gasteiger partial charge >= 0.3 is 34.7 Å². The molecule has 0 spiro atoms. The third kappa shape index (κ3) is 71.6. The molecule has 36 valence electrons. The molecule has 0 saturated heterocycles. The molecule has 0 aromatic heterocycles. The van der Waals surface area contributed by atoms with Crippen LogP contribution in [0.15, 0.2) is 0 Å². The van der Waals surface area contributed by atoms with E-state index in [1.165, 1.54) is 0 Å². The quantitative estimate of drug-likeness (QED) is 0.449. The third-order valence-electron chi connectivity index (χ3n) is 0. The van der Waals surface area contributed by atoms with E-state index in [1.807, 2.05) is 0 Å². The van der Waals surface area contributed by atoms with E-state index in [0.29, 0.717) is 0 Å². The van der Waals surface area contributed by atoms with Crippen LogP contribution in [0.2, 0.25) is 0 Å². The number of rotatable bonds is 0. The molecule has 0 unspecified atom stereocenters. The number of hydrogen-bond donors (Lipinski definition) is 0. The predicted molar refractivity (Wildman–Crippen MR) is 13.6 cm³/mol. The van der Waals surface area contributed by atoms with Crippen LogP contribution in [-0.2, 0) is 51.2 Å². The molecule has 8 radical (unpaired) electrons. The molecular weight excluding hydrogens is 206 g/mol. The van der Waals surface area contributed by atoms with Crippen molar-refractivity contribution in [2.75, 3.05) is 0 Å². The Bertz CT molecular complexity index is 10.9. The predicted octanol–water partition coefficient (Wildman–Crippen LogP) is -1.12. The van der Waals surface area contributed by atoms with Crippen molar-refractivity contribution >= 4 is 34.7 Å². The molecule has 0 N–H and O–H groups in total. The van der Waals surface area contributed by atoms with Gasteiger partial charge in [-0.1, -0.05) is 0 Å². The van der Waals surface area contributed by atoms with Crippen molar-refractivity contribution in [2.24, 2.45) is 0 Å². The maximum absolute atomic E-state index is 0. The van der Waals surface area contributed by atoms with Crippen molar-refractivity contribution in [1.29, 1.82) is 0 Å².